The summed E-state index contributed by atoms with van der Waals surface area (Å²) in [6.07, 6.45) is 4.07. The molecule has 0 aliphatic heterocycles. The SMILES string of the molecule is NS(=O)(=O)c1ccc(CCNC(=O)CSc2nccn2-c2cccc(Cl)c2)cc1. The minimum atomic E-state index is -3.70. The van der Waals surface area contributed by atoms with E-state index in [1.165, 1.54) is 23.9 Å². The first-order valence-corrected chi connectivity index (χ1v) is 11.5. The number of imidazole rings is 1. The Morgan fingerprint density at radius 1 is 1.21 bits per heavy atom. The number of sulfonamides is 1. The molecule has 0 saturated carbocycles. The number of hydrogen-bond donors (Lipinski definition) is 2. The Bertz CT molecular complexity index is 1100. The van der Waals surface area contributed by atoms with E-state index in [1.807, 2.05) is 29.0 Å². The standard InChI is InChI=1S/C19H19ClN4O3S2/c20-15-2-1-3-16(12-15)24-11-10-23-19(24)28-13-18(25)22-9-8-14-4-6-17(7-5-14)29(21,26)27/h1-7,10-12H,8-9,13H2,(H,22,25)(H2,21,26,27). The van der Waals surface area contributed by atoms with Gasteiger partial charge in [0, 0.05) is 29.6 Å². The van der Waals surface area contributed by atoms with E-state index in [-0.39, 0.29) is 16.6 Å². The molecule has 1 amide bonds. The van der Waals surface area contributed by atoms with E-state index in [0.29, 0.717) is 23.1 Å². The van der Waals surface area contributed by atoms with Crippen molar-refractivity contribution in [3.8, 4) is 5.69 Å². The fourth-order valence-corrected chi connectivity index (χ4v) is 4.10. The lowest BCUT2D eigenvalue weighted by molar-refractivity contribution is -0.118. The largest absolute Gasteiger partial charge is 0.355 e. The predicted octanol–water partition coefficient (Wildman–Crippen LogP) is 2.62. The summed E-state index contributed by atoms with van der Waals surface area (Å²) in [6, 6.07) is 13.7. The summed E-state index contributed by atoms with van der Waals surface area (Å²) in [7, 11) is -3.70. The maximum Gasteiger partial charge on any atom is 0.238 e. The number of carbonyl (C=O) groups excluding carboxylic acids is 1. The Morgan fingerprint density at radius 3 is 2.66 bits per heavy atom. The van der Waals surface area contributed by atoms with Crippen LogP contribution in [-0.2, 0) is 21.2 Å². The van der Waals surface area contributed by atoms with Crippen molar-refractivity contribution < 1.29 is 13.2 Å². The van der Waals surface area contributed by atoms with Gasteiger partial charge in [-0.1, -0.05) is 41.6 Å². The summed E-state index contributed by atoms with van der Waals surface area (Å²) in [4.78, 5) is 16.5. The zero-order valence-corrected chi connectivity index (χ0v) is 17.7. The highest BCUT2D eigenvalue weighted by Gasteiger charge is 2.10. The van der Waals surface area contributed by atoms with Crippen LogP contribution in [0.5, 0.6) is 0 Å². The van der Waals surface area contributed by atoms with Gasteiger partial charge in [0.05, 0.1) is 10.6 Å². The molecule has 3 rings (SSSR count). The Kier molecular flexibility index (Phi) is 6.96. The van der Waals surface area contributed by atoms with Gasteiger partial charge in [-0.05, 0) is 42.3 Å². The molecule has 0 bridgehead atoms. The molecule has 152 valence electrons. The van der Waals surface area contributed by atoms with Crippen molar-refractivity contribution in [1.29, 1.82) is 0 Å². The summed E-state index contributed by atoms with van der Waals surface area (Å²) in [5, 5.41) is 9.24. The molecule has 3 N–H and O–H groups in total. The number of primary sulfonamides is 1. The molecule has 0 radical (unpaired) electrons. The second kappa shape index (κ2) is 9.45. The van der Waals surface area contributed by atoms with Crippen molar-refractivity contribution in [3.63, 3.8) is 0 Å². The number of nitrogens with two attached hydrogens (primary N) is 1. The van der Waals surface area contributed by atoms with Crippen LogP contribution in [0.4, 0.5) is 0 Å². The molecule has 1 aromatic heterocycles. The molecule has 1 heterocycles. The number of thioether (sulfide) groups is 1. The average Bonchev–Trinajstić information content (AvgIpc) is 3.15. The van der Waals surface area contributed by atoms with Crippen molar-refractivity contribution in [2.75, 3.05) is 12.3 Å². The first-order chi connectivity index (χ1) is 13.8. The van der Waals surface area contributed by atoms with Crippen LogP contribution >= 0.6 is 23.4 Å². The number of nitrogens with one attached hydrogen (secondary N) is 1. The van der Waals surface area contributed by atoms with E-state index in [4.69, 9.17) is 16.7 Å². The highest BCUT2D eigenvalue weighted by molar-refractivity contribution is 7.99. The molecule has 7 nitrogen and oxygen atoms in total. The molecule has 0 aliphatic carbocycles. The minimum Gasteiger partial charge on any atom is -0.355 e. The van der Waals surface area contributed by atoms with E-state index in [0.717, 1.165) is 11.3 Å². The normalized spacial score (nSPS) is 11.4. The van der Waals surface area contributed by atoms with Crippen LogP contribution in [0.25, 0.3) is 5.69 Å². The van der Waals surface area contributed by atoms with Gasteiger partial charge in [-0.25, -0.2) is 18.5 Å². The maximum atomic E-state index is 12.1. The molecule has 0 saturated heterocycles. The third-order valence-corrected chi connectivity index (χ3v) is 6.14. The van der Waals surface area contributed by atoms with E-state index >= 15 is 0 Å². The van der Waals surface area contributed by atoms with Crippen LogP contribution in [0.3, 0.4) is 0 Å². The Hall–Kier alpha value is -2.33. The molecule has 0 spiro atoms. The van der Waals surface area contributed by atoms with Gasteiger partial charge in [0.25, 0.3) is 0 Å². The summed E-state index contributed by atoms with van der Waals surface area (Å²) < 4.78 is 24.4. The van der Waals surface area contributed by atoms with Crippen LogP contribution in [-0.4, -0.2) is 36.2 Å². The Morgan fingerprint density at radius 2 is 1.97 bits per heavy atom. The third kappa shape index (κ3) is 6.07. The van der Waals surface area contributed by atoms with Gasteiger partial charge < -0.3 is 5.32 Å². The number of amides is 1. The lowest BCUT2D eigenvalue weighted by Gasteiger charge is -2.08. The highest BCUT2D eigenvalue weighted by atomic mass is 35.5. The number of carbonyl (C=O) groups is 1. The first kappa shape index (κ1) is 21.4. The molecule has 0 unspecified atom stereocenters. The minimum absolute atomic E-state index is 0.0666. The van der Waals surface area contributed by atoms with Crippen LogP contribution in [0.2, 0.25) is 5.02 Å². The van der Waals surface area contributed by atoms with Crippen molar-refractivity contribution in [3.05, 3.63) is 71.5 Å². The van der Waals surface area contributed by atoms with Gasteiger partial charge in [-0.2, -0.15) is 0 Å². The number of hydrogen-bond acceptors (Lipinski definition) is 5. The zero-order valence-electron chi connectivity index (χ0n) is 15.3. The zero-order chi connectivity index (χ0) is 20.9. The predicted molar refractivity (Wildman–Crippen MR) is 114 cm³/mol. The Balaban J connectivity index is 1.48. The lowest BCUT2D eigenvalue weighted by Crippen LogP contribution is -2.27. The van der Waals surface area contributed by atoms with Crippen LogP contribution in [0.1, 0.15) is 5.56 Å². The van der Waals surface area contributed by atoms with Crippen molar-refractivity contribution >= 4 is 39.3 Å². The number of rotatable bonds is 8. The highest BCUT2D eigenvalue weighted by Crippen LogP contribution is 2.22. The van der Waals surface area contributed by atoms with Crippen LogP contribution in [0.15, 0.2) is 71.0 Å². The molecule has 10 heteroatoms. The molecular weight excluding hydrogens is 432 g/mol. The van der Waals surface area contributed by atoms with E-state index in [9.17, 15) is 13.2 Å². The third-order valence-electron chi connectivity index (χ3n) is 4.01. The van der Waals surface area contributed by atoms with Crippen molar-refractivity contribution in [2.45, 2.75) is 16.5 Å². The fraction of sp³-hybridized carbons (Fsp3) is 0.158. The molecule has 2 aromatic carbocycles. The number of halogens is 1. The van der Waals surface area contributed by atoms with E-state index in [2.05, 4.69) is 10.3 Å². The van der Waals surface area contributed by atoms with Gasteiger partial charge in [-0.3, -0.25) is 9.36 Å². The van der Waals surface area contributed by atoms with Gasteiger partial charge in [-0.15, -0.1) is 0 Å². The van der Waals surface area contributed by atoms with Crippen LogP contribution in [0, 0.1) is 0 Å². The van der Waals surface area contributed by atoms with E-state index in [1.54, 1.807) is 24.4 Å². The van der Waals surface area contributed by atoms with Gasteiger partial charge >= 0.3 is 0 Å². The van der Waals surface area contributed by atoms with Crippen molar-refractivity contribution in [2.24, 2.45) is 5.14 Å². The first-order valence-electron chi connectivity index (χ1n) is 8.63. The molecule has 3 aromatic rings. The number of nitrogens with zero attached hydrogens (tertiary/aromatic N) is 2. The molecule has 0 aliphatic rings. The maximum absolute atomic E-state index is 12.1. The number of benzene rings is 2. The molecule has 0 fully saturated rings. The van der Waals surface area contributed by atoms with Crippen LogP contribution < -0.4 is 10.5 Å². The lowest BCUT2D eigenvalue weighted by atomic mass is 10.1. The monoisotopic (exact) mass is 450 g/mol. The van der Waals surface area contributed by atoms with Gasteiger partial charge in [0.15, 0.2) is 5.16 Å². The summed E-state index contributed by atoms with van der Waals surface area (Å²) in [6.45, 7) is 0.441. The second-order valence-corrected chi connectivity index (χ2v) is 9.08. The molecule has 0 atom stereocenters. The summed E-state index contributed by atoms with van der Waals surface area (Å²) in [5.41, 5.74) is 1.78. The number of aromatic nitrogens is 2. The molecule has 29 heavy (non-hydrogen) atoms. The Labute approximate surface area is 178 Å². The quantitative estimate of drug-likeness (QED) is 0.513. The van der Waals surface area contributed by atoms with Gasteiger partial charge in [0.1, 0.15) is 0 Å². The van der Waals surface area contributed by atoms with Gasteiger partial charge in [0.2, 0.25) is 15.9 Å². The molecular formula is C19H19ClN4O3S2. The topological polar surface area (TPSA) is 107 Å². The second-order valence-electron chi connectivity index (χ2n) is 6.14. The van der Waals surface area contributed by atoms with Crippen molar-refractivity contribution in [1.82, 2.24) is 14.9 Å². The average molecular weight is 451 g/mol. The summed E-state index contributed by atoms with van der Waals surface area (Å²) >= 11 is 7.37. The fourth-order valence-electron chi connectivity index (χ4n) is 2.59. The van der Waals surface area contributed by atoms with E-state index < -0.39 is 10.0 Å². The summed E-state index contributed by atoms with van der Waals surface area (Å²) in [5.74, 6) is 0.110. The smallest absolute Gasteiger partial charge is 0.238 e.